The van der Waals surface area contributed by atoms with E-state index in [0.717, 1.165) is 56.0 Å². The van der Waals surface area contributed by atoms with Crippen LogP contribution in [0.2, 0.25) is 0 Å². The van der Waals surface area contributed by atoms with Crippen molar-refractivity contribution in [1.29, 1.82) is 0 Å². The molecule has 56 heavy (non-hydrogen) atoms. The Balaban J connectivity index is 1.12. The van der Waals surface area contributed by atoms with Crippen molar-refractivity contribution in [2.75, 3.05) is 5.75 Å². The molecule has 4 atom stereocenters. The zero-order valence-electron chi connectivity index (χ0n) is 31.0. The van der Waals surface area contributed by atoms with Gasteiger partial charge in [0.15, 0.2) is 12.1 Å². The number of aliphatic hydroxyl groups is 1. The zero-order chi connectivity index (χ0) is 38.9. The van der Waals surface area contributed by atoms with E-state index in [1.54, 1.807) is 0 Å². The number of amides is 1. The Morgan fingerprint density at radius 1 is 0.732 bits per heavy atom. The molecular weight excluding hydrogens is 725 g/mol. The molecule has 0 unspecified atom stereocenters. The molecule has 0 radical (unpaired) electrons. The number of hydrogen-bond donors (Lipinski definition) is 3. The van der Waals surface area contributed by atoms with Gasteiger partial charge < -0.3 is 29.4 Å². The molecule has 0 spiro atoms. The second kappa shape index (κ2) is 18.4. The Kier molecular flexibility index (Phi) is 12.7. The normalized spacial score (nSPS) is 18.0. The number of aliphatic hydroxyl groups excluding tert-OH is 1. The average Bonchev–Trinajstić information content (AvgIpc) is 3.68. The number of carboxylic acid groups (broad SMARTS) is 1. The third-order valence-corrected chi connectivity index (χ3v) is 10.8. The standard InChI is InChI=1S/C46H44N2O7S/c1-30-39(29-56-46-48-42(33-12-4-2-5-13-33)44(55-46)34-14-6-3-7-15-34)53-45(54-43(30)35-23-21-31(28-49)22-24-35)38-18-9-17-37(26-38)36-16-8-11-32(25-36)27-47-40(50)19-10-20-41(51)52/h2-9,11-18,21-26,30,39,43,45,49H,10,19-20,27-29H2,1H3,(H,47,50)(H,51,52)/t30-,39+,43+,45+/m1/s1. The highest BCUT2D eigenvalue weighted by atomic mass is 32.2. The van der Waals surface area contributed by atoms with Gasteiger partial charge in [-0.1, -0.05) is 140 Å². The van der Waals surface area contributed by atoms with Crippen LogP contribution in [-0.4, -0.2) is 38.9 Å². The monoisotopic (exact) mass is 768 g/mol. The predicted octanol–water partition coefficient (Wildman–Crippen LogP) is 9.62. The summed E-state index contributed by atoms with van der Waals surface area (Å²) in [5, 5.41) is 22.0. The largest absolute Gasteiger partial charge is 0.481 e. The van der Waals surface area contributed by atoms with Crippen LogP contribution in [0.4, 0.5) is 0 Å². The van der Waals surface area contributed by atoms with Gasteiger partial charge in [-0.3, -0.25) is 9.59 Å². The second-order valence-electron chi connectivity index (χ2n) is 13.9. The molecule has 3 N–H and O–H groups in total. The van der Waals surface area contributed by atoms with Crippen LogP contribution in [-0.2, 0) is 32.2 Å². The Hall–Kier alpha value is -5.52. The molecule has 10 heteroatoms. The third kappa shape index (κ3) is 9.64. The minimum atomic E-state index is -0.908. The molecule has 9 nitrogen and oxygen atoms in total. The Labute approximate surface area is 330 Å². The number of benzene rings is 5. The van der Waals surface area contributed by atoms with Gasteiger partial charge in [-0.15, -0.1) is 0 Å². The van der Waals surface area contributed by atoms with Crippen LogP contribution in [0.25, 0.3) is 33.7 Å². The molecule has 0 bridgehead atoms. The maximum atomic E-state index is 12.3. The number of aromatic nitrogens is 1. The lowest BCUT2D eigenvalue weighted by molar-refractivity contribution is -0.268. The van der Waals surface area contributed by atoms with Crippen LogP contribution in [0, 0.1) is 5.92 Å². The highest BCUT2D eigenvalue weighted by molar-refractivity contribution is 7.99. The molecule has 0 saturated carbocycles. The molecule has 1 fully saturated rings. The topological polar surface area (TPSA) is 131 Å². The minimum absolute atomic E-state index is 0.0323. The second-order valence-corrected chi connectivity index (χ2v) is 14.8. The molecular formula is C46H44N2O7S. The predicted molar refractivity (Wildman–Crippen MR) is 216 cm³/mol. The average molecular weight is 769 g/mol. The highest BCUT2D eigenvalue weighted by Gasteiger charge is 2.39. The summed E-state index contributed by atoms with van der Waals surface area (Å²) < 4.78 is 20.0. The molecule has 286 valence electrons. The molecule has 1 amide bonds. The van der Waals surface area contributed by atoms with Crippen molar-refractivity contribution in [3.05, 3.63) is 156 Å². The Morgan fingerprint density at radius 3 is 2.12 bits per heavy atom. The molecule has 5 aromatic carbocycles. The number of carbonyl (C=O) groups excluding carboxylic acids is 1. The fourth-order valence-corrected chi connectivity index (χ4v) is 7.80. The number of rotatable bonds is 15. The van der Waals surface area contributed by atoms with Gasteiger partial charge >= 0.3 is 5.97 Å². The van der Waals surface area contributed by atoms with Crippen LogP contribution < -0.4 is 5.32 Å². The summed E-state index contributed by atoms with van der Waals surface area (Å²) in [6.07, 6.45) is -0.757. The first kappa shape index (κ1) is 38.7. The number of nitrogens with one attached hydrogen (secondary N) is 1. The van der Waals surface area contributed by atoms with E-state index in [0.29, 0.717) is 23.9 Å². The van der Waals surface area contributed by atoms with E-state index in [2.05, 4.69) is 18.3 Å². The lowest BCUT2D eigenvalue weighted by atomic mass is 9.91. The maximum Gasteiger partial charge on any atom is 0.303 e. The maximum absolute atomic E-state index is 12.3. The molecule has 1 aliphatic rings. The quantitative estimate of drug-likeness (QED) is 0.0875. The lowest BCUT2D eigenvalue weighted by Gasteiger charge is -2.41. The fraction of sp³-hybridized carbons (Fsp3) is 0.239. The van der Waals surface area contributed by atoms with Gasteiger partial charge in [0, 0.05) is 47.7 Å². The highest BCUT2D eigenvalue weighted by Crippen LogP contribution is 2.44. The Bertz CT molecular complexity index is 2170. The number of aliphatic carboxylic acids is 1. The van der Waals surface area contributed by atoms with Crippen molar-refractivity contribution < 1.29 is 33.7 Å². The van der Waals surface area contributed by atoms with Crippen LogP contribution in [0.1, 0.15) is 60.8 Å². The van der Waals surface area contributed by atoms with E-state index in [1.807, 2.05) is 127 Å². The van der Waals surface area contributed by atoms with E-state index < -0.39 is 12.3 Å². The molecule has 1 saturated heterocycles. The van der Waals surface area contributed by atoms with Crippen molar-refractivity contribution in [2.45, 2.75) is 63.1 Å². The summed E-state index contributed by atoms with van der Waals surface area (Å²) in [7, 11) is 0. The molecule has 2 heterocycles. The van der Waals surface area contributed by atoms with Crippen LogP contribution in [0.3, 0.4) is 0 Å². The van der Waals surface area contributed by atoms with Crippen LogP contribution >= 0.6 is 11.8 Å². The first-order chi connectivity index (χ1) is 27.3. The van der Waals surface area contributed by atoms with Gasteiger partial charge in [-0.05, 0) is 46.4 Å². The lowest BCUT2D eigenvalue weighted by Crippen LogP contribution is -2.38. The number of carboxylic acids is 1. The number of ether oxygens (including phenoxy) is 2. The van der Waals surface area contributed by atoms with Gasteiger partial charge in [-0.2, -0.15) is 0 Å². The van der Waals surface area contributed by atoms with E-state index in [1.165, 1.54) is 11.8 Å². The van der Waals surface area contributed by atoms with Crippen LogP contribution in [0.5, 0.6) is 0 Å². The van der Waals surface area contributed by atoms with E-state index in [9.17, 15) is 14.7 Å². The third-order valence-electron chi connectivity index (χ3n) is 9.89. The molecule has 0 aliphatic carbocycles. The molecule has 1 aliphatic heterocycles. The number of oxazole rings is 1. The van der Waals surface area contributed by atoms with Gasteiger partial charge in [0.2, 0.25) is 5.91 Å². The summed E-state index contributed by atoms with van der Waals surface area (Å²) in [6, 6.07) is 44.0. The number of nitrogens with zero attached hydrogens (tertiary/aromatic N) is 1. The first-order valence-electron chi connectivity index (χ1n) is 18.8. The first-order valence-corrected chi connectivity index (χ1v) is 19.8. The summed E-state index contributed by atoms with van der Waals surface area (Å²) >= 11 is 1.52. The van der Waals surface area contributed by atoms with E-state index >= 15 is 0 Å². The summed E-state index contributed by atoms with van der Waals surface area (Å²) in [6.45, 7) is 2.44. The zero-order valence-corrected chi connectivity index (χ0v) is 31.9. The van der Waals surface area contributed by atoms with Gasteiger partial charge in [-0.25, -0.2) is 4.98 Å². The number of hydrogen-bond acceptors (Lipinski definition) is 8. The van der Waals surface area contributed by atoms with Crippen molar-refractivity contribution >= 4 is 23.6 Å². The number of carbonyl (C=O) groups is 2. The van der Waals surface area contributed by atoms with E-state index in [-0.39, 0.29) is 43.5 Å². The van der Waals surface area contributed by atoms with Crippen LogP contribution in [0.15, 0.2) is 143 Å². The molecule has 1 aromatic heterocycles. The fourth-order valence-electron chi connectivity index (χ4n) is 6.82. The van der Waals surface area contributed by atoms with Gasteiger partial charge in [0.05, 0.1) is 18.8 Å². The van der Waals surface area contributed by atoms with Crippen molar-refractivity contribution in [2.24, 2.45) is 5.92 Å². The van der Waals surface area contributed by atoms with E-state index in [4.69, 9.17) is 24.0 Å². The summed E-state index contributed by atoms with van der Waals surface area (Å²) in [5.74, 6) is 0.172. The SMILES string of the molecule is C[C@@H]1[C@H](CSc2nc(-c3ccccc3)c(-c3ccccc3)o2)O[C@H](c2cccc(-c3cccc(CNC(=O)CCCC(=O)O)c3)c2)O[C@@H]1c1ccc(CO)cc1. The van der Waals surface area contributed by atoms with Gasteiger partial charge in [0.25, 0.3) is 5.22 Å². The molecule has 7 rings (SSSR count). The summed E-state index contributed by atoms with van der Waals surface area (Å²) in [5.41, 5.74) is 8.30. The molecule has 6 aromatic rings. The smallest absolute Gasteiger partial charge is 0.303 e. The minimum Gasteiger partial charge on any atom is -0.481 e. The van der Waals surface area contributed by atoms with Crippen molar-refractivity contribution in [3.8, 4) is 33.7 Å². The van der Waals surface area contributed by atoms with Crippen molar-refractivity contribution in [3.63, 3.8) is 0 Å². The number of thioether (sulfide) groups is 1. The Morgan fingerprint density at radius 2 is 1.41 bits per heavy atom. The van der Waals surface area contributed by atoms with Crippen molar-refractivity contribution in [1.82, 2.24) is 10.3 Å². The summed E-state index contributed by atoms with van der Waals surface area (Å²) in [4.78, 5) is 28.1. The van der Waals surface area contributed by atoms with Gasteiger partial charge in [0.1, 0.15) is 5.69 Å².